The highest BCUT2D eigenvalue weighted by molar-refractivity contribution is 4.55. The Kier molecular flexibility index (Phi) is 12.8. The van der Waals surface area contributed by atoms with Gasteiger partial charge in [0, 0.05) is 0 Å². The summed E-state index contributed by atoms with van der Waals surface area (Å²) >= 11 is 0. The minimum atomic E-state index is -0.133. The second kappa shape index (κ2) is 12.9. The van der Waals surface area contributed by atoms with E-state index in [1.165, 1.54) is 6.42 Å². The molecule has 0 aromatic heterocycles. The van der Waals surface area contributed by atoms with Gasteiger partial charge in [-0.25, -0.2) is 0 Å². The van der Waals surface area contributed by atoms with Crippen LogP contribution in [-0.2, 0) is 14.2 Å². The molecule has 116 valence electrons. The maximum absolute atomic E-state index is 5.84. The van der Waals surface area contributed by atoms with Crippen molar-refractivity contribution in [3.05, 3.63) is 0 Å². The van der Waals surface area contributed by atoms with Crippen molar-refractivity contribution < 1.29 is 14.2 Å². The molecule has 0 heterocycles. The topological polar surface area (TPSA) is 27.7 Å². The molecule has 3 unspecified atom stereocenters. The van der Waals surface area contributed by atoms with Crippen molar-refractivity contribution in [2.45, 2.75) is 91.6 Å². The van der Waals surface area contributed by atoms with Crippen molar-refractivity contribution in [3.8, 4) is 0 Å². The van der Waals surface area contributed by atoms with Crippen LogP contribution in [0.4, 0.5) is 0 Å². The molecule has 3 nitrogen and oxygen atoms in total. The van der Waals surface area contributed by atoms with Crippen molar-refractivity contribution in [2.24, 2.45) is 0 Å². The van der Waals surface area contributed by atoms with E-state index in [0.717, 1.165) is 32.1 Å². The van der Waals surface area contributed by atoms with E-state index in [4.69, 9.17) is 14.2 Å². The van der Waals surface area contributed by atoms with Crippen LogP contribution in [-0.4, -0.2) is 31.7 Å². The molecule has 3 atom stereocenters. The summed E-state index contributed by atoms with van der Waals surface area (Å²) in [6.07, 6.45) is 7.27. The molecule has 0 saturated heterocycles. The van der Waals surface area contributed by atoms with Gasteiger partial charge in [-0.3, -0.25) is 0 Å². The van der Waals surface area contributed by atoms with Crippen molar-refractivity contribution in [3.63, 3.8) is 0 Å². The van der Waals surface area contributed by atoms with Crippen LogP contribution in [0.25, 0.3) is 0 Å². The molecule has 0 aliphatic rings. The summed E-state index contributed by atoms with van der Waals surface area (Å²) < 4.78 is 17.3. The minimum Gasteiger partial charge on any atom is -0.376 e. The van der Waals surface area contributed by atoms with E-state index in [9.17, 15) is 0 Å². The predicted molar refractivity (Wildman–Crippen MR) is 80.4 cm³/mol. The first kappa shape index (κ1) is 18.9. The van der Waals surface area contributed by atoms with Gasteiger partial charge < -0.3 is 14.2 Å². The van der Waals surface area contributed by atoms with E-state index in [1.54, 1.807) is 0 Å². The van der Waals surface area contributed by atoms with Gasteiger partial charge in [0.15, 0.2) is 6.29 Å². The highest BCUT2D eigenvalue weighted by Gasteiger charge is 2.11. The molecule has 0 spiro atoms. The lowest BCUT2D eigenvalue weighted by Gasteiger charge is -2.22. The summed E-state index contributed by atoms with van der Waals surface area (Å²) in [6.45, 7) is 12.0. The van der Waals surface area contributed by atoms with Crippen LogP contribution in [0.5, 0.6) is 0 Å². The normalized spacial score (nSPS) is 16.3. The molecular weight excluding hydrogens is 240 g/mol. The summed E-state index contributed by atoms with van der Waals surface area (Å²) in [4.78, 5) is 0. The highest BCUT2D eigenvalue weighted by Crippen LogP contribution is 2.10. The molecule has 0 aromatic carbocycles. The summed E-state index contributed by atoms with van der Waals surface area (Å²) in [5, 5.41) is 0. The third kappa shape index (κ3) is 10.3. The van der Waals surface area contributed by atoms with Gasteiger partial charge in [0.25, 0.3) is 0 Å². The molecule has 0 bridgehead atoms. The van der Waals surface area contributed by atoms with E-state index in [-0.39, 0.29) is 6.29 Å². The van der Waals surface area contributed by atoms with E-state index >= 15 is 0 Å². The molecule has 19 heavy (non-hydrogen) atoms. The first-order chi connectivity index (χ1) is 9.17. The quantitative estimate of drug-likeness (QED) is 0.364. The van der Waals surface area contributed by atoms with Gasteiger partial charge in [0.1, 0.15) is 0 Å². The van der Waals surface area contributed by atoms with Crippen LogP contribution in [0.1, 0.15) is 73.1 Å². The zero-order valence-corrected chi connectivity index (χ0v) is 13.6. The van der Waals surface area contributed by atoms with Crippen molar-refractivity contribution in [1.29, 1.82) is 0 Å². The summed E-state index contributed by atoms with van der Waals surface area (Å²) in [6, 6.07) is 0. The maximum atomic E-state index is 5.84. The van der Waals surface area contributed by atoms with Gasteiger partial charge >= 0.3 is 0 Å². The molecule has 0 radical (unpaired) electrons. The molecule has 0 aliphatic carbocycles. The molecule has 0 aliphatic heterocycles. The monoisotopic (exact) mass is 274 g/mol. The SMILES string of the molecule is CCCC(CC)OCCOC(C)OC(CC)CCC. The van der Waals surface area contributed by atoms with E-state index in [1.807, 2.05) is 6.92 Å². The van der Waals surface area contributed by atoms with Crippen molar-refractivity contribution >= 4 is 0 Å². The number of hydrogen-bond donors (Lipinski definition) is 0. The molecular formula is C16H34O3. The number of rotatable bonds is 13. The van der Waals surface area contributed by atoms with Gasteiger partial charge in [-0.2, -0.15) is 0 Å². The first-order valence-electron chi connectivity index (χ1n) is 8.06. The smallest absolute Gasteiger partial charge is 0.155 e. The Bertz CT molecular complexity index is 185. The zero-order chi connectivity index (χ0) is 14.5. The predicted octanol–water partition coefficient (Wildman–Crippen LogP) is 4.54. The minimum absolute atomic E-state index is 0.133. The van der Waals surface area contributed by atoms with Crippen LogP contribution in [0.3, 0.4) is 0 Å². The van der Waals surface area contributed by atoms with Crippen molar-refractivity contribution in [1.82, 2.24) is 0 Å². The van der Waals surface area contributed by atoms with Gasteiger partial charge in [-0.05, 0) is 32.6 Å². The van der Waals surface area contributed by atoms with Gasteiger partial charge in [-0.1, -0.05) is 40.5 Å². The van der Waals surface area contributed by atoms with Crippen LogP contribution in [0.2, 0.25) is 0 Å². The molecule has 0 N–H and O–H groups in total. The Morgan fingerprint density at radius 2 is 1.26 bits per heavy atom. The van der Waals surface area contributed by atoms with Crippen LogP contribution in [0, 0.1) is 0 Å². The Morgan fingerprint density at radius 3 is 1.79 bits per heavy atom. The second-order valence-corrected chi connectivity index (χ2v) is 5.08. The van der Waals surface area contributed by atoms with Crippen molar-refractivity contribution in [2.75, 3.05) is 13.2 Å². The molecule has 0 fully saturated rings. The Balaban J connectivity index is 3.64. The lowest BCUT2D eigenvalue weighted by atomic mass is 10.2. The van der Waals surface area contributed by atoms with Gasteiger partial charge in [-0.15, -0.1) is 0 Å². The zero-order valence-electron chi connectivity index (χ0n) is 13.6. The van der Waals surface area contributed by atoms with E-state index in [2.05, 4.69) is 27.7 Å². The number of ether oxygens (including phenoxy) is 3. The fourth-order valence-corrected chi connectivity index (χ4v) is 2.16. The van der Waals surface area contributed by atoms with Crippen LogP contribution < -0.4 is 0 Å². The number of hydrogen-bond acceptors (Lipinski definition) is 3. The lowest BCUT2D eigenvalue weighted by Crippen LogP contribution is -2.24. The fraction of sp³-hybridized carbons (Fsp3) is 1.00. The second-order valence-electron chi connectivity index (χ2n) is 5.08. The van der Waals surface area contributed by atoms with E-state index < -0.39 is 0 Å². The Labute approximate surface area is 120 Å². The molecule has 3 heteroatoms. The maximum Gasteiger partial charge on any atom is 0.155 e. The van der Waals surface area contributed by atoms with Crippen LogP contribution >= 0.6 is 0 Å². The van der Waals surface area contributed by atoms with Crippen LogP contribution in [0.15, 0.2) is 0 Å². The lowest BCUT2D eigenvalue weighted by molar-refractivity contribution is -0.170. The van der Waals surface area contributed by atoms with Gasteiger partial charge in [0.2, 0.25) is 0 Å². The summed E-state index contributed by atoms with van der Waals surface area (Å²) in [7, 11) is 0. The standard InChI is InChI=1S/C16H34O3/c1-6-10-15(8-3)18-13-12-17-14(5)19-16(9-4)11-7-2/h14-16H,6-13H2,1-5H3. The molecule has 0 amide bonds. The largest absolute Gasteiger partial charge is 0.376 e. The third-order valence-electron chi connectivity index (χ3n) is 3.31. The average molecular weight is 274 g/mol. The Hall–Kier alpha value is -0.120. The summed E-state index contributed by atoms with van der Waals surface area (Å²) in [5.41, 5.74) is 0. The Morgan fingerprint density at radius 1 is 0.737 bits per heavy atom. The first-order valence-corrected chi connectivity index (χ1v) is 8.06. The van der Waals surface area contributed by atoms with E-state index in [0.29, 0.717) is 25.4 Å². The fourth-order valence-electron chi connectivity index (χ4n) is 2.16. The van der Waals surface area contributed by atoms with Gasteiger partial charge in [0.05, 0.1) is 25.4 Å². The highest BCUT2D eigenvalue weighted by atomic mass is 16.7. The average Bonchev–Trinajstić information content (AvgIpc) is 2.41. The summed E-state index contributed by atoms with van der Waals surface area (Å²) in [5.74, 6) is 0. The third-order valence-corrected chi connectivity index (χ3v) is 3.31. The molecule has 0 aromatic rings. The molecule has 0 saturated carbocycles. The molecule has 0 rings (SSSR count).